The number of benzene rings is 8. The molecule has 0 bridgehead atoms. The summed E-state index contributed by atoms with van der Waals surface area (Å²) in [6, 6.07) is 59.6. The average Bonchev–Trinajstić information content (AvgIpc) is 1.66. The molecular weight excluding hydrogens is 1680 g/mol. The molecule has 0 aliphatic carbocycles. The van der Waals surface area contributed by atoms with Crippen LogP contribution < -0.4 is 52.3 Å². The minimum atomic E-state index is -0.351. The molecule has 24 rings (SSSR count). The van der Waals surface area contributed by atoms with Crippen LogP contribution in [-0.2, 0) is 30.9 Å². The van der Waals surface area contributed by atoms with E-state index in [0.717, 1.165) is 127 Å². The van der Waals surface area contributed by atoms with Crippen molar-refractivity contribution in [2.75, 3.05) is 106 Å². The van der Waals surface area contributed by atoms with Crippen molar-refractivity contribution in [2.45, 2.75) is 72.1 Å². The molecule has 12 aromatic heterocycles. The number of aliphatic hydroxyl groups is 1. The predicted molar refractivity (Wildman–Crippen MR) is 506 cm³/mol. The van der Waals surface area contributed by atoms with E-state index in [-0.39, 0.29) is 24.0 Å². The molecule has 0 atom stereocenters. The van der Waals surface area contributed by atoms with E-state index in [9.17, 15) is 9.50 Å². The van der Waals surface area contributed by atoms with Gasteiger partial charge in [-0.2, -0.15) is 39.9 Å². The first-order valence-electron chi connectivity index (χ1n) is 43.1. The number of aliphatic hydroxyl groups excluding tert-OH is 1. The Morgan fingerprint density at radius 3 is 1.07 bits per heavy atom. The number of H-pyrrole nitrogens is 4. The molecule has 16 heterocycles. The number of rotatable bonds is 20. The van der Waals surface area contributed by atoms with Gasteiger partial charge in [-0.05, 0) is 153 Å². The van der Waals surface area contributed by atoms with Crippen molar-refractivity contribution in [3.8, 4) is 22.7 Å². The summed E-state index contributed by atoms with van der Waals surface area (Å²) in [5, 5.41) is 24.0. The van der Waals surface area contributed by atoms with Crippen LogP contribution >= 0.6 is 11.6 Å². The smallest absolute Gasteiger partial charge is 0.229 e. The van der Waals surface area contributed by atoms with Crippen LogP contribution in [-0.4, -0.2) is 207 Å². The third kappa shape index (κ3) is 17.2. The highest BCUT2D eigenvalue weighted by Gasteiger charge is 2.32. The molecular formula is C93H90ClFN34O2. The van der Waals surface area contributed by atoms with Gasteiger partial charge in [0.05, 0.1) is 84.1 Å². The number of hydrogen-bond acceptors (Lipinski definition) is 28. The fourth-order valence-electron chi connectivity index (χ4n) is 16.3. The molecule has 0 saturated carbocycles. The number of ether oxygens (including phenoxy) is 1. The quantitative estimate of drug-likeness (QED) is 0.0337. The van der Waals surface area contributed by atoms with Crippen LogP contribution in [0.3, 0.4) is 0 Å². The van der Waals surface area contributed by atoms with Gasteiger partial charge in [0.25, 0.3) is 0 Å². The lowest BCUT2D eigenvalue weighted by Crippen LogP contribution is -2.56. The van der Waals surface area contributed by atoms with Crippen LogP contribution in [0, 0.1) is 33.5 Å². The maximum Gasteiger partial charge on any atom is 0.229 e. The Balaban J connectivity index is 0.000000106. The monoisotopic (exact) mass is 1770 g/mol. The zero-order valence-corrected chi connectivity index (χ0v) is 72.5. The van der Waals surface area contributed by atoms with E-state index in [1.807, 2.05) is 132 Å². The van der Waals surface area contributed by atoms with Crippen LogP contribution in [0.4, 0.5) is 51.5 Å². The van der Waals surface area contributed by atoms with Gasteiger partial charge < -0.3 is 82.1 Å². The van der Waals surface area contributed by atoms with Gasteiger partial charge in [-0.15, -0.1) is 0 Å². The number of nitrogens with two attached hydrogens (primary N) is 2. The SMILES string of the molecule is Cc1cccc(-n2cnc3c(NCc4nc5c(F)cccc5[nH]4)nc(N4CCOCC4)nc32)c1.Cc1cccc(-n2cnc3c(NCc4nc5ccc(Cl)cc5[nH]4)nc(N4CC(N)C4)nc32)c1.Cc1cccc(-n2cnc3c(NCc4nc5ccccc5[nH]4)nc(N4CC(N)C4)nc32)c1.Cc1cccc(-n2cnc3c(NCc4nc5ccccc5[nH]4)nc(N4CC(O)C4)nc32)c1. The second-order valence-corrected chi connectivity index (χ2v) is 33.4. The molecule has 4 fully saturated rings. The second kappa shape index (κ2) is 35.2. The molecule has 0 spiro atoms. The number of aromatic amines is 4. The van der Waals surface area contributed by atoms with Crippen LogP contribution in [0.5, 0.6) is 0 Å². The highest BCUT2D eigenvalue weighted by Crippen LogP contribution is 2.34. The predicted octanol–water partition coefficient (Wildman–Crippen LogP) is 12.6. The van der Waals surface area contributed by atoms with Crippen molar-refractivity contribution in [3.05, 3.63) is 264 Å². The van der Waals surface area contributed by atoms with Gasteiger partial charge in [-0.3, -0.25) is 18.3 Å². The lowest BCUT2D eigenvalue weighted by Gasteiger charge is -2.36. The molecule has 8 aromatic carbocycles. The number of imidazole rings is 8. The van der Waals surface area contributed by atoms with Crippen molar-refractivity contribution in [1.82, 2.24) is 118 Å². The number of hydrogen-bond donors (Lipinski definition) is 11. The Morgan fingerprint density at radius 1 is 0.366 bits per heavy atom. The first-order valence-corrected chi connectivity index (χ1v) is 43.5. The fraction of sp³-hybridized carbons (Fsp3) is 0.226. The summed E-state index contributed by atoms with van der Waals surface area (Å²) in [4.78, 5) is 96.6. The molecule has 38 heteroatoms. The molecule has 0 radical (unpaired) electrons. The largest absolute Gasteiger partial charge is 0.389 e. The normalized spacial score (nSPS) is 14.2. The number of nitrogens with one attached hydrogen (secondary N) is 8. The van der Waals surface area contributed by atoms with Crippen LogP contribution in [0.2, 0.25) is 5.02 Å². The maximum atomic E-state index is 14.1. The topological polar surface area (TPSA) is 432 Å². The summed E-state index contributed by atoms with van der Waals surface area (Å²) in [6.07, 6.45) is 6.77. The first kappa shape index (κ1) is 82.3. The summed E-state index contributed by atoms with van der Waals surface area (Å²) in [5.74, 6) is 7.74. The molecule has 131 heavy (non-hydrogen) atoms. The number of fused-ring (bicyclic) bond motifs is 8. The molecule has 20 aromatic rings. The van der Waals surface area contributed by atoms with Gasteiger partial charge in [0.15, 0.2) is 73.7 Å². The minimum absolute atomic E-state index is 0.143. The van der Waals surface area contributed by atoms with E-state index in [2.05, 4.69) is 178 Å². The highest BCUT2D eigenvalue weighted by atomic mass is 35.5. The zero-order chi connectivity index (χ0) is 88.9. The number of para-hydroxylation sites is 5. The standard InChI is InChI=1S/C24H23FN8O.C23H22ClN9.C23H23N9.C23H22N8O/c1-15-4-2-5-16(12-15)33-14-27-21-22(30-24(31-23(21)33)32-8-10-34-11-9-32)26-13-19-28-18-7-3-6-17(25)20(18)29-19;1-13-3-2-4-16(7-13)33-12-27-20-21(30-23(31-22(20)33)32-10-15(25)11-32)26-9-19-28-17-6-5-14(24)8-18(17)29-19;1-14-5-4-6-16(9-14)32-13-26-20-21(29-23(30-22(20)32)31-11-15(24)12-31)25-10-19-27-17-7-2-3-8-18(17)28-19;1-14-5-4-6-15(9-14)31-13-25-20-21(28-23(29-22(20)31)30-11-16(32)12-30)24-10-19-26-17-7-2-3-8-18(17)27-19/h2-7,12,14H,8-11,13H2,1H3,(H,28,29)(H,26,30,31);2-8,12,15H,9-11,25H2,1H3,(H,28,29)(H,26,30,31);2-9,13,15H,10-12,24H2,1H3,(H,27,28)(H,25,29,30);2-9,13,16,32H,10-12H2,1H3,(H,26,27)(H,24,28,29). The summed E-state index contributed by atoms with van der Waals surface area (Å²) in [5.41, 5.74) is 32.9. The Morgan fingerprint density at radius 2 is 0.702 bits per heavy atom. The van der Waals surface area contributed by atoms with Gasteiger partial charge in [0.2, 0.25) is 23.8 Å². The number of halogens is 2. The van der Waals surface area contributed by atoms with Crippen molar-refractivity contribution in [2.24, 2.45) is 11.5 Å². The summed E-state index contributed by atoms with van der Waals surface area (Å²) >= 11 is 6.10. The van der Waals surface area contributed by atoms with Crippen molar-refractivity contribution >= 4 is 147 Å². The molecule has 0 unspecified atom stereocenters. The zero-order valence-electron chi connectivity index (χ0n) is 71.8. The molecule has 36 nitrogen and oxygen atoms in total. The second-order valence-electron chi connectivity index (χ2n) is 33.0. The Kier molecular flexibility index (Phi) is 22.1. The van der Waals surface area contributed by atoms with Crippen molar-refractivity contribution in [3.63, 3.8) is 0 Å². The minimum Gasteiger partial charge on any atom is -0.389 e. The number of aromatic nitrogens is 24. The molecule has 4 aliphatic heterocycles. The third-order valence-electron chi connectivity index (χ3n) is 23.1. The molecule has 4 saturated heterocycles. The number of β-amino-alcohol motifs (C(OH)–C–C–N with tert-alkyl or cyclic N) is 1. The Hall–Kier alpha value is -15.7. The number of morpholine rings is 1. The molecule has 658 valence electrons. The van der Waals surface area contributed by atoms with Gasteiger partial charge in [0, 0.05) is 92.2 Å². The summed E-state index contributed by atoms with van der Waals surface area (Å²) in [6.45, 7) is 16.7. The molecule has 4 aliphatic rings. The number of anilines is 8. The van der Waals surface area contributed by atoms with Crippen molar-refractivity contribution < 1.29 is 14.2 Å². The van der Waals surface area contributed by atoms with Crippen LogP contribution in [0.15, 0.2) is 207 Å². The van der Waals surface area contributed by atoms with Crippen LogP contribution in [0.25, 0.3) is 112 Å². The van der Waals surface area contributed by atoms with E-state index in [0.29, 0.717) is 162 Å². The average molecular weight is 1770 g/mol. The summed E-state index contributed by atoms with van der Waals surface area (Å²) in [7, 11) is 0. The van der Waals surface area contributed by atoms with E-state index < -0.39 is 0 Å². The van der Waals surface area contributed by atoms with Gasteiger partial charge in [-0.25, -0.2) is 44.3 Å². The fourth-order valence-corrected chi connectivity index (χ4v) is 16.5. The molecule has 0 amide bonds. The van der Waals surface area contributed by atoms with Crippen LogP contribution in [0.1, 0.15) is 45.6 Å². The van der Waals surface area contributed by atoms with Crippen molar-refractivity contribution in [1.29, 1.82) is 0 Å². The number of aryl methyl sites for hydroxylation is 4. The third-order valence-corrected chi connectivity index (χ3v) is 23.3. The number of nitrogens with zero attached hydrogens (tertiary/aromatic N) is 24. The van der Waals surface area contributed by atoms with E-state index in [4.69, 9.17) is 67.7 Å². The Labute approximate surface area is 751 Å². The van der Waals surface area contributed by atoms with Gasteiger partial charge in [0.1, 0.15) is 54.1 Å². The first-order chi connectivity index (χ1) is 64.0. The van der Waals surface area contributed by atoms with Gasteiger partial charge in [-0.1, -0.05) is 90.5 Å². The summed E-state index contributed by atoms with van der Waals surface area (Å²) < 4.78 is 27.5. The highest BCUT2D eigenvalue weighted by molar-refractivity contribution is 6.31. The lowest BCUT2D eigenvalue weighted by atomic mass is 10.1. The lowest BCUT2D eigenvalue weighted by molar-refractivity contribution is 0.122. The van der Waals surface area contributed by atoms with E-state index >= 15 is 0 Å². The molecule has 13 N–H and O–H groups in total. The van der Waals surface area contributed by atoms with Gasteiger partial charge >= 0.3 is 0 Å². The maximum absolute atomic E-state index is 14.1. The Bertz CT molecular complexity index is 7330. The van der Waals surface area contributed by atoms with E-state index in [1.165, 1.54) is 17.2 Å². The van der Waals surface area contributed by atoms with E-state index in [1.54, 1.807) is 37.4 Å².